The average Bonchev–Trinajstić information content (AvgIpc) is 3.51. The topological polar surface area (TPSA) is 85.8 Å². The normalized spacial score (nSPS) is 10.8. The Morgan fingerprint density at radius 1 is 0.970 bits per heavy atom. The molecule has 5 aromatic rings. The van der Waals surface area contributed by atoms with Gasteiger partial charge < -0.3 is 14.4 Å². The molecule has 1 amide bonds. The minimum absolute atomic E-state index is 0.151. The maximum Gasteiger partial charge on any atom is 0.278 e. The van der Waals surface area contributed by atoms with Crippen LogP contribution in [0.1, 0.15) is 15.9 Å². The van der Waals surface area contributed by atoms with Crippen molar-refractivity contribution in [1.29, 1.82) is 0 Å². The molecule has 2 heterocycles. The van der Waals surface area contributed by atoms with Crippen LogP contribution in [-0.4, -0.2) is 25.6 Å². The molecule has 0 saturated carbocycles. The Labute approximate surface area is 188 Å². The summed E-state index contributed by atoms with van der Waals surface area (Å²) in [5, 5.41) is 6.84. The zero-order valence-corrected chi connectivity index (χ0v) is 17.4. The molecule has 2 aromatic heterocycles. The first-order valence-corrected chi connectivity index (χ1v) is 10.2. The lowest BCUT2D eigenvalue weighted by atomic mass is 10.2. The molecular formula is C25H18FN5O2. The average molecular weight is 439 g/mol. The smallest absolute Gasteiger partial charge is 0.278 e. The van der Waals surface area contributed by atoms with Gasteiger partial charge in [0.25, 0.3) is 11.8 Å². The minimum atomic E-state index is -0.326. The van der Waals surface area contributed by atoms with Crippen LogP contribution in [0.5, 0.6) is 0 Å². The van der Waals surface area contributed by atoms with Gasteiger partial charge in [0, 0.05) is 29.6 Å². The number of nitrogens with zero attached hydrogens (tertiary/aromatic N) is 4. The van der Waals surface area contributed by atoms with Crippen molar-refractivity contribution in [3.8, 4) is 23.0 Å². The SMILES string of the molecule is O=C(Nc1ccc(Cn2cnc(-c3nc(-c4ccc(F)cc4)no3)c2)cc1)c1ccccc1. The van der Waals surface area contributed by atoms with E-state index in [2.05, 4.69) is 20.4 Å². The predicted molar refractivity (Wildman–Crippen MR) is 121 cm³/mol. The molecule has 0 radical (unpaired) electrons. The third-order valence-corrected chi connectivity index (χ3v) is 4.99. The summed E-state index contributed by atoms with van der Waals surface area (Å²) in [5.74, 6) is 0.176. The van der Waals surface area contributed by atoms with Crippen LogP contribution in [0.3, 0.4) is 0 Å². The first-order chi connectivity index (χ1) is 16.1. The fraction of sp³-hybridized carbons (Fsp3) is 0.0400. The summed E-state index contributed by atoms with van der Waals surface area (Å²) in [5.41, 5.74) is 3.57. The Morgan fingerprint density at radius 2 is 1.73 bits per heavy atom. The Morgan fingerprint density at radius 3 is 2.48 bits per heavy atom. The number of aromatic nitrogens is 4. The quantitative estimate of drug-likeness (QED) is 0.401. The molecule has 8 heteroatoms. The van der Waals surface area contributed by atoms with Gasteiger partial charge in [-0.05, 0) is 54.1 Å². The second-order valence-corrected chi connectivity index (χ2v) is 7.38. The van der Waals surface area contributed by atoms with Crippen LogP contribution >= 0.6 is 0 Å². The fourth-order valence-corrected chi connectivity index (χ4v) is 3.30. The molecule has 0 unspecified atom stereocenters. The molecular weight excluding hydrogens is 421 g/mol. The van der Waals surface area contributed by atoms with Crippen LogP contribution < -0.4 is 5.32 Å². The van der Waals surface area contributed by atoms with Gasteiger partial charge in [0.2, 0.25) is 5.82 Å². The highest BCUT2D eigenvalue weighted by atomic mass is 19.1. The minimum Gasteiger partial charge on any atom is -0.332 e. The Kier molecular flexibility index (Phi) is 5.47. The van der Waals surface area contributed by atoms with Gasteiger partial charge in [-0.15, -0.1) is 0 Å². The Bertz CT molecular complexity index is 1380. The van der Waals surface area contributed by atoms with Crippen LogP contribution in [0.15, 0.2) is 95.9 Å². The van der Waals surface area contributed by atoms with Crippen molar-refractivity contribution in [1.82, 2.24) is 19.7 Å². The van der Waals surface area contributed by atoms with E-state index in [1.807, 2.05) is 53.2 Å². The van der Waals surface area contributed by atoms with Crippen LogP contribution in [-0.2, 0) is 6.54 Å². The number of hydrogen-bond donors (Lipinski definition) is 1. The van der Waals surface area contributed by atoms with Gasteiger partial charge in [-0.1, -0.05) is 35.5 Å². The van der Waals surface area contributed by atoms with Crippen molar-refractivity contribution < 1.29 is 13.7 Å². The molecule has 3 aromatic carbocycles. The van der Waals surface area contributed by atoms with Crippen LogP contribution in [0.2, 0.25) is 0 Å². The second-order valence-electron chi connectivity index (χ2n) is 7.38. The van der Waals surface area contributed by atoms with Gasteiger partial charge in [0.1, 0.15) is 11.5 Å². The number of carbonyl (C=O) groups excluding carboxylic acids is 1. The predicted octanol–water partition coefficient (Wildman–Crippen LogP) is 5.04. The van der Waals surface area contributed by atoms with Gasteiger partial charge >= 0.3 is 0 Å². The van der Waals surface area contributed by atoms with Gasteiger partial charge in [0.05, 0.1) is 6.33 Å². The zero-order valence-electron chi connectivity index (χ0n) is 17.4. The number of imidazole rings is 1. The third-order valence-electron chi connectivity index (χ3n) is 4.99. The second kappa shape index (κ2) is 8.88. The van der Waals surface area contributed by atoms with Crippen LogP contribution in [0.25, 0.3) is 23.0 Å². The highest BCUT2D eigenvalue weighted by Crippen LogP contribution is 2.21. The lowest BCUT2D eigenvalue weighted by molar-refractivity contribution is 0.102. The number of anilines is 1. The highest BCUT2D eigenvalue weighted by Gasteiger charge is 2.13. The van der Waals surface area contributed by atoms with E-state index >= 15 is 0 Å². The molecule has 0 fully saturated rings. The van der Waals surface area contributed by atoms with E-state index in [1.54, 1.807) is 30.6 Å². The molecule has 0 atom stereocenters. The number of benzene rings is 3. The largest absolute Gasteiger partial charge is 0.332 e. The Hall–Kier alpha value is -4.59. The summed E-state index contributed by atoms with van der Waals surface area (Å²) in [6, 6.07) is 22.6. The number of amides is 1. The fourth-order valence-electron chi connectivity index (χ4n) is 3.30. The van der Waals surface area contributed by atoms with E-state index in [-0.39, 0.29) is 17.6 Å². The number of hydrogen-bond acceptors (Lipinski definition) is 5. The van der Waals surface area contributed by atoms with E-state index < -0.39 is 0 Å². The van der Waals surface area contributed by atoms with Gasteiger partial charge in [-0.2, -0.15) is 4.98 Å². The molecule has 0 aliphatic carbocycles. The summed E-state index contributed by atoms with van der Waals surface area (Å²) in [6.07, 6.45) is 3.50. The summed E-state index contributed by atoms with van der Waals surface area (Å²) in [7, 11) is 0. The zero-order chi connectivity index (χ0) is 22.6. The lowest BCUT2D eigenvalue weighted by Crippen LogP contribution is -2.11. The standard InChI is InChI=1S/C25H18FN5O2/c26-20-10-8-18(9-11-20)23-29-25(33-30-23)22-15-31(16-27-22)14-17-6-12-21(13-7-17)28-24(32)19-4-2-1-3-5-19/h1-13,15-16H,14H2,(H,28,32). The van der Waals surface area contributed by atoms with Crippen molar-refractivity contribution in [2.45, 2.75) is 6.54 Å². The van der Waals surface area contributed by atoms with E-state index in [0.717, 1.165) is 11.3 Å². The van der Waals surface area contributed by atoms with Crippen molar-refractivity contribution in [2.75, 3.05) is 5.32 Å². The van der Waals surface area contributed by atoms with E-state index in [0.29, 0.717) is 29.2 Å². The van der Waals surface area contributed by atoms with E-state index in [9.17, 15) is 9.18 Å². The molecule has 0 aliphatic heterocycles. The third kappa shape index (κ3) is 4.69. The molecule has 5 rings (SSSR count). The first kappa shape index (κ1) is 20.3. The molecule has 33 heavy (non-hydrogen) atoms. The molecule has 0 spiro atoms. The maximum atomic E-state index is 13.1. The van der Waals surface area contributed by atoms with Crippen molar-refractivity contribution in [3.63, 3.8) is 0 Å². The summed E-state index contributed by atoms with van der Waals surface area (Å²) in [6.45, 7) is 0.582. The molecule has 0 bridgehead atoms. The molecule has 162 valence electrons. The first-order valence-electron chi connectivity index (χ1n) is 10.2. The number of nitrogens with one attached hydrogen (secondary N) is 1. The van der Waals surface area contributed by atoms with Crippen LogP contribution in [0.4, 0.5) is 10.1 Å². The van der Waals surface area contributed by atoms with E-state index in [4.69, 9.17) is 4.52 Å². The molecule has 0 saturated heterocycles. The number of carbonyl (C=O) groups is 1. The van der Waals surface area contributed by atoms with Gasteiger partial charge in [-0.3, -0.25) is 4.79 Å². The van der Waals surface area contributed by atoms with Gasteiger partial charge in [-0.25, -0.2) is 9.37 Å². The monoisotopic (exact) mass is 439 g/mol. The molecule has 0 aliphatic rings. The number of rotatable bonds is 6. The summed E-state index contributed by atoms with van der Waals surface area (Å²) < 4.78 is 20.3. The van der Waals surface area contributed by atoms with Crippen molar-refractivity contribution in [3.05, 3.63) is 108 Å². The summed E-state index contributed by atoms with van der Waals surface area (Å²) in [4.78, 5) is 21.0. The molecule has 7 nitrogen and oxygen atoms in total. The van der Waals surface area contributed by atoms with Crippen LogP contribution in [0, 0.1) is 5.82 Å². The van der Waals surface area contributed by atoms with E-state index in [1.165, 1.54) is 12.1 Å². The van der Waals surface area contributed by atoms with Crippen molar-refractivity contribution >= 4 is 11.6 Å². The maximum absolute atomic E-state index is 13.1. The summed E-state index contributed by atoms with van der Waals surface area (Å²) >= 11 is 0. The Balaban J connectivity index is 1.24. The van der Waals surface area contributed by atoms with Crippen molar-refractivity contribution in [2.24, 2.45) is 0 Å². The molecule has 1 N–H and O–H groups in total. The highest BCUT2D eigenvalue weighted by molar-refractivity contribution is 6.04. The lowest BCUT2D eigenvalue weighted by Gasteiger charge is -2.07. The van der Waals surface area contributed by atoms with Gasteiger partial charge in [0.15, 0.2) is 0 Å². The number of halogens is 1.